The lowest BCUT2D eigenvalue weighted by atomic mass is 9.87. The van der Waals surface area contributed by atoms with Crippen LogP contribution in [0.15, 0.2) is 18.5 Å². The quantitative estimate of drug-likeness (QED) is 0.575. The topological polar surface area (TPSA) is 95.6 Å². The van der Waals surface area contributed by atoms with Crippen LogP contribution < -0.4 is 10.6 Å². The van der Waals surface area contributed by atoms with Gasteiger partial charge in [-0.15, -0.1) is 0 Å². The first kappa shape index (κ1) is 17.1. The van der Waals surface area contributed by atoms with Crippen LogP contribution in [0.4, 0.5) is 16.0 Å². The molecule has 3 N–H and O–H groups in total. The van der Waals surface area contributed by atoms with E-state index in [-0.39, 0.29) is 22.9 Å². The maximum absolute atomic E-state index is 15.5. The molecule has 3 aromatic heterocycles. The van der Waals surface area contributed by atoms with E-state index in [1.54, 1.807) is 12.3 Å². The van der Waals surface area contributed by atoms with Gasteiger partial charge in [0.05, 0.1) is 11.3 Å². The third-order valence-electron chi connectivity index (χ3n) is 5.29. The van der Waals surface area contributed by atoms with Crippen molar-refractivity contribution in [2.24, 2.45) is 0 Å². The second-order valence-electron chi connectivity index (χ2n) is 7.04. The molecule has 1 aliphatic carbocycles. The Hall–Kier alpha value is -3.00. The smallest absolute Gasteiger partial charge is 0.253 e. The van der Waals surface area contributed by atoms with Crippen LogP contribution in [-0.4, -0.2) is 32.4 Å². The summed E-state index contributed by atoms with van der Waals surface area (Å²) >= 11 is 5.80. The van der Waals surface area contributed by atoms with Crippen LogP contribution in [0.1, 0.15) is 40.0 Å². The predicted molar refractivity (Wildman–Crippen MR) is 102 cm³/mol. The molecular formula is C19H16ClFN6O. The van der Waals surface area contributed by atoms with Crippen LogP contribution in [0.5, 0.6) is 0 Å². The number of anilines is 2. The number of carbonyl (C=O) groups is 1. The van der Waals surface area contributed by atoms with Crippen molar-refractivity contribution in [3.63, 3.8) is 0 Å². The number of H-pyrrole nitrogens is 1. The molecule has 0 fully saturated rings. The summed E-state index contributed by atoms with van der Waals surface area (Å²) in [6.45, 7) is 2.61. The molecule has 0 saturated carbocycles. The van der Waals surface area contributed by atoms with Gasteiger partial charge in [0.15, 0.2) is 11.6 Å². The van der Waals surface area contributed by atoms with E-state index in [0.717, 1.165) is 16.8 Å². The van der Waals surface area contributed by atoms with Crippen molar-refractivity contribution in [2.45, 2.75) is 25.7 Å². The Balaban J connectivity index is 1.64. The largest absolute Gasteiger partial charge is 0.357 e. The Bertz CT molecular complexity index is 1130. The molecule has 7 nitrogen and oxygen atoms in total. The Morgan fingerprint density at radius 1 is 1.29 bits per heavy atom. The molecule has 28 heavy (non-hydrogen) atoms. The minimum absolute atomic E-state index is 0.0476. The van der Waals surface area contributed by atoms with Gasteiger partial charge in [0, 0.05) is 36.1 Å². The van der Waals surface area contributed by atoms with E-state index in [1.807, 2.05) is 6.92 Å². The molecule has 1 aliphatic heterocycles. The van der Waals surface area contributed by atoms with Crippen LogP contribution in [0.25, 0.3) is 11.3 Å². The van der Waals surface area contributed by atoms with Crippen molar-refractivity contribution >= 4 is 29.1 Å². The maximum Gasteiger partial charge on any atom is 0.253 e. The molecule has 4 heterocycles. The van der Waals surface area contributed by atoms with E-state index >= 15 is 4.39 Å². The number of amides is 1. The fraction of sp³-hybridized carbons (Fsp3) is 0.263. The molecule has 142 valence electrons. The first-order chi connectivity index (χ1) is 13.5. The molecule has 1 amide bonds. The molecule has 0 saturated heterocycles. The number of pyridine rings is 1. The number of hydrogen-bond donors (Lipinski definition) is 3. The van der Waals surface area contributed by atoms with Gasteiger partial charge >= 0.3 is 0 Å². The number of halogens is 2. The lowest BCUT2D eigenvalue weighted by molar-refractivity contribution is 0.0940. The highest BCUT2D eigenvalue weighted by atomic mass is 35.5. The first-order valence-corrected chi connectivity index (χ1v) is 9.37. The summed E-state index contributed by atoms with van der Waals surface area (Å²) in [5, 5.41) is 5.82. The second-order valence-corrected chi connectivity index (χ2v) is 7.37. The van der Waals surface area contributed by atoms with Gasteiger partial charge in [0.25, 0.3) is 5.91 Å². The van der Waals surface area contributed by atoms with Crippen molar-refractivity contribution < 1.29 is 9.18 Å². The molecule has 2 aliphatic rings. The van der Waals surface area contributed by atoms with Gasteiger partial charge in [0.1, 0.15) is 5.82 Å². The van der Waals surface area contributed by atoms with Gasteiger partial charge in [-0.1, -0.05) is 6.92 Å². The third kappa shape index (κ3) is 2.56. The fourth-order valence-corrected chi connectivity index (χ4v) is 4.09. The predicted octanol–water partition coefficient (Wildman–Crippen LogP) is 3.35. The van der Waals surface area contributed by atoms with Crippen LogP contribution >= 0.6 is 11.6 Å². The zero-order valence-electron chi connectivity index (χ0n) is 14.9. The Labute approximate surface area is 164 Å². The maximum atomic E-state index is 15.5. The van der Waals surface area contributed by atoms with Crippen LogP contribution in [0, 0.1) is 5.82 Å². The summed E-state index contributed by atoms with van der Waals surface area (Å²) in [6.07, 6.45) is 4.43. The molecular weight excluding hydrogens is 383 g/mol. The normalized spacial score (nSPS) is 17.4. The van der Waals surface area contributed by atoms with Crippen LogP contribution in [0.3, 0.4) is 0 Å². The standard InChI is InChI=1S/C19H16ClFN6O/c1-8-6-24-18(28)13-10-3-2-9-7-23-17(25-11-4-5-22-19(20)26-11)14(21)12(9)16(10)27-15(8)13/h4-5,7-8,27H,2-3,6H2,1H3,(H,24,28)(H,22,23,25,26)/t8-/m1/s1. The Morgan fingerprint density at radius 3 is 2.96 bits per heavy atom. The average Bonchev–Trinajstić information content (AvgIpc) is 3.08. The van der Waals surface area contributed by atoms with Crippen molar-refractivity contribution in [3.05, 3.63) is 51.9 Å². The molecule has 3 aromatic rings. The molecule has 9 heteroatoms. The van der Waals surface area contributed by atoms with Crippen molar-refractivity contribution in [3.8, 4) is 11.3 Å². The highest BCUT2D eigenvalue weighted by Gasteiger charge is 2.34. The Morgan fingerprint density at radius 2 is 2.14 bits per heavy atom. The molecule has 1 atom stereocenters. The number of rotatable bonds is 2. The van der Waals surface area contributed by atoms with Gasteiger partial charge < -0.3 is 15.6 Å². The third-order valence-corrected chi connectivity index (χ3v) is 5.47. The molecule has 0 aromatic carbocycles. The summed E-state index contributed by atoms with van der Waals surface area (Å²) in [5.74, 6) is -0.0441. The van der Waals surface area contributed by atoms with Crippen molar-refractivity contribution in [1.29, 1.82) is 0 Å². The summed E-state index contributed by atoms with van der Waals surface area (Å²) in [6, 6.07) is 1.58. The summed E-state index contributed by atoms with van der Waals surface area (Å²) < 4.78 is 15.5. The Kier molecular flexibility index (Phi) is 3.83. The monoisotopic (exact) mass is 398 g/mol. The molecule has 0 radical (unpaired) electrons. The SMILES string of the molecule is C[C@@H]1CNC(=O)c2c1[nH]c1c2CCc2cnc(Nc3ccnc(Cl)n3)c(F)c2-1. The van der Waals surface area contributed by atoms with Crippen molar-refractivity contribution in [2.75, 3.05) is 11.9 Å². The van der Waals surface area contributed by atoms with Gasteiger partial charge in [-0.3, -0.25) is 4.79 Å². The van der Waals surface area contributed by atoms with E-state index in [2.05, 4.69) is 30.6 Å². The van der Waals surface area contributed by atoms with Gasteiger partial charge in [-0.2, -0.15) is 0 Å². The number of hydrogen-bond acceptors (Lipinski definition) is 5. The van der Waals surface area contributed by atoms with E-state index in [0.29, 0.717) is 42.0 Å². The van der Waals surface area contributed by atoms with Gasteiger partial charge in [-0.25, -0.2) is 19.3 Å². The zero-order chi connectivity index (χ0) is 19.4. The highest BCUT2D eigenvalue weighted by molar-refractivity contribution is 6.28. The zero-order valence-corrected chi connectivity index (χ0v) is 15.7. The molecule has 0 spiro atoms. The fourth-order valence-electron chi connectivity index (χ4n) is 3.94. The molecule has 5 rings (SSSR count). The number of nitrogens with one attached hydrogen (secondary N) is 3. The second kappa shape index (κ2) is 6.27. The van der Waals surface area contributed by atoms with E-state index in [1.165, 1.54) is 6.20 Å². The minimum atomic E-state index is -0.486. The number of fused-ring (bicyclic) bond motifs is 5. The van der Waals surface area contributed by atoms with Crippen molar-refractivity contribution in [1.82, 2.24) is 25.3 Å². The minimum Gasteiger partial charge on any atom is -0.357 e. The number of aryl methyl sites for hydroxylation is 1. The van der Waals surface area contributed by atoms with E-state index in [4.69, 9.17) is 11.6 Å². The average molecular weight is 399 g/mol. The lowest BCUT2D eigenvalue weighted by Gasteiger charge is -2.21. The number of aromatic amines is 1. The van der Waals surface area contributed by atoms with E-state index in [9.17, 15) is 4.79 Å². The highest BCUT2D eigenvalue weighted by Crippen LogP contribution is 2.41. The van der Waals surface area contributed by atoms with Gasteiger partial charge in [-0.05, 0) is 41.6 Å². The summed E-state index contributed by atoms with van der Waals surface area (Å²) in [5.41, 5.74) is 4.32. The summed E-state index contributed by atoms with van der Waals surface area (Å²) in [7, 11) is 0. The number of carbonyl (C=O) groups excluding carboxylic acids is 1. The van der Waals surface area contributed by atoms with E-state index < -0.39 is 5.82 Å². The summed E-state index contributed by atoms with van der Waals surface area (Å²) in [4.78, 5) is 27.8. The molecule has 0 unspecified atom stereocenters. The van der Waals surface area contributed by atoms with Gasteiger partial charge in [0.2, 0.25) is 5.28 Å². The number of nitrogens with zero attached hydrogens (tertiary/aromatic N) is 3. The first-order valence-electron chi connectivity index (χ1n) is 8.99. The molecule has 0 bridgehead atoms. The van der Waals surface area contributed by atoms with Crippen LogP contribution in [0.2, 0.25) is 5.28 Å². The van der Waals surface area contributed by atoms with Crippen LogP contribution in [-0.2, 0) is 12.8 Å². The number of aromatic nitrogens is 4. The lowest BCUT2D eigenvalue weighted by Crippen LogP contribution is -2.34.